The number of azo groups is 2. The Labute approximate surface area is 290 Å². The van der Waals surface area contributed by atoms with Crippen molar-refractivity contribution in [2.45, 2.75) is 52.4 Å². The number of esters is 1. The zero-order chi connectivity index (χ0) is 36.8. The van der Waals surface area contributed by atoms with E-state index in [1.165, 1.54) is 44.3 Å². The van der Waals surface area contributed by atoms with Crippen LogP contribution >= 0.6 is 0 Å². The standard InChI is InChI=1S/C30H38N16O5/c1-6-8-10-18-23(37-39-27-16(20(48)15-47)13-33-43(27)3)25(31)45(41-18)21-12-22(36-30(50)35-21)46-26(32)24(19(42-46)11-9-7-2)38-40-28-17(29(49)51-5)14-34-44(28)4/h12-14,47H,6-11,15,31-32H2,1-5H3,(H,35,36,50)/b39-37+,40-38+. The average Bonchev–Trinajstić information content (AvgIpc) is 3.86. The van der Waals surface area contributed by atoms with Crippen molar-refractivity contribution in [2.24, 2.45) is 34.6 Å². The van der Waals surface area contributed by atoms with Crippen LogP contribution in [0.2, 0.25) is 0 Å². The number of anilines is 2. The zero-order valence-corrected chi connectivity index (χ0v) is 28.7. The molecule has 0 saturated heterocycles. The molecule has 0 aliphatic rings. The number of rotatable bonds is 15. The van der Waals surface area contributed by atoms with Gasteiger partial charge in [-0.25, -0.2) is 14.2 Å². The molecule has 5 heterocycles. The SMILES string of the molecule is CCCCc1nn(-c2cc(-n3nc(CCCC)c(/N=N/c4c(C(=O)OC)cnn4C)c3N)nc(O)n2)c(N)c1/N=N/c1c(C(=O)CO)cnn1C. The van der Waals surface area contributed by atoms with Gasteiger partial charge in [0.05, 0.1) is 36.5 Å². The first-order valence-corrected chi connectivity index (χ1v) is 16.0. The first kappa shape index (κ1) is 35.9. The number of nitrogens with two attached hydrogens (primary N) is 2. The van der Waals surface area contributed by atoms with Crippen molar-refractivity contribution in [3.8, 4) is 17.6 Å². The fourth-order valence-electron chi connectivity index (χ4n) is 4.99. The zero-order valence-electron chi connectivity index (χ0n) is 28.7. The van der Waals surface area contributed by atoms with E-state index in [0.717, 1.165) is 25.7 Å². The molecule has 0 amide bonds. The van der Waals surface area contributed by atoms with E-state index >= 15 is 0 Å². The molecule has 0 unspecified atom stereocenters. The van der Waals surface area contributed by atoms with Gasteiger partial charge in [-0.3, -0.25) is 4.79 Å². The van der Waals surface area contributed by atoms with Crippen LogP contribution < -0.4 is 11.5 Å². The lowest BCUT2D eigenvalue weighted by atomic mass is 10.2. The minimum atomic E-state index is -0.721. The van der Waals surface area contributed by atoms with Crippen LogP contribution in [0.5, 0.6) is 6.01 Å². The molecule has 0 saturated carbocycles. The van der Waals surface area contributed by atoms with E-state index in [1.54, 1.807) is 14.1 Å². The Balaban J connectivity index is 1.58. The van der Waals surface area contributed by atoms with E-state index in [4.69, 9.17) is 16.2 Å². The summed E-state index contributed by atoms with van der Waals surface area (Å²) >= 11 is 0. The number of aryl methyl sites for hydroxylation is 4. The fraction of sp³-hybridized carbons (Fsp3) is 0.400. The van der Waals surface area contributed by atoms with Crippen LogP contribution in [0.25, 0.3) is 11.6 Å². The maximum Gasteiger partial charge on any atom is 0.343 e. The molecule has 21 heteroatoms. The highest BCUT2D eigenvalue weighted by Gasteiger charge is 2.24. The van der Waals surface area contributed by atoms with Crippen molar-refractivity contribution in [3.05, 3.63) is 41.0 Å². The van der Waals surface area contributed by atoms with Gasteiger partial charge in [0.25, 0.3) is 0 Å². The monoisotopic (exact) mass is 702 g/mol. The second kappa shape index (κ2) is 15.4. The number of methoxy groups -OCH3 is 1. The van der Waals surface area contributed by atoms with Crippen molar-refractivity contribution in [3.63, 3.8) is 0 Å². The summed E-state index contributed by atoms with van der Waals surface area (Å²) < 4.78 is 10.1. The smallest absolute Gasteiger partial charge is 0.343 e. The summed E-state index contributed by atoms with van der Waals surface area (Å²) in [5.74, 6) is -0.707. The lowest BCUT2D eigenvalue weighted by Crippen LogP contribution is -2.09. The predicted octanol–water partition coefficient (Wildman–Crippen LogP) is 3.66. The van der Waals surface area contributed by atoms with Crippen LogP contribution in [-0.2, 0) is 31.7 Å². The number of aromatic nitrogens is 10. The first-order valence-electron chi connectivity index (χ1n) is 16.0. The molecule has 0 fully saturated rings. The minimum Gasteiger partial charge on any atom is -0.479 e. The van der Waals surface area contributed by atoms with Crippen molar-refractivity contribution in [1.29, 1.82) is 0 Å². The number of aromatic hydroxyl groups is 1. The van der Waals surface area contributed by atoms with Gasteiger partial charge in [0.15, 0.2) is 52.1 Å². The average molecular weight is 703 g/mol. The van der Waals surface area contributed by atoms with E-state index < -0.39 is 24.4 Å². The van der Waals surface area contributed by atoms with Crippen molar-refractivity contribution < 1.29 is 24.5 Å². The number of nitrogen functional groups attached to an aromatic ring is 2. The molecule has 21 nitrogen and oxygen atoms in total. The number of aliphatic hydroxyl groups is 1. The minimum absolute atomic E-state index is 0.0373. The van der Waals surface area contributed by atoms with E-state index in [1.807, 2.05) is 13.8 Å². The second-order valence-electron chi connectivity index (χ2n) is 11.3. The molecular weight excluding hydrogens is 664 g/mol. The number of ketones is 1. The van der Waals surface area contributed by atoms with Gasteiger partial charge < -0.3 is 26.4 Å². The van der Waals surface area contributed by atoms with Crippen molar-refractivity contribution in [2.75, 3.05) is 25.2 Å². The van der Waals surface area contributed by atoms with E-state index in [-0.39, 0.29) is 57.4 Å². The molecule has 0 atom stereocenters. The summed E-state index contributed by atoms with van der Waals surface area (Å²) in [6.07, 6.45) is 6.81. The molecule has 0 radical (unpaired) electrons. The number of ether oxygens (including phenoxy) is 1. The summed E-state index contributed by atoms with van der Waals surface area (Å²) in [6.45, 7) is 3.32. The Kier molecular flexibility index (Phi) is 10.9. The van der Waals surface area contributed by atoms with Gasteiger partial charge in [-0.1, -0.05) is 26.7 Å². The lowest BCUT2D eigenvalue weighted by molar-refractivity contribution is 0.0601. The molecule has 5 aromatic heterocycles. The molecule has 6 N–H and O–H groups in total. The third kappa shape index (κ3) is 7.32. The summed E-state index contributed by atoms with van der Waals surface area (Å²) in [5.41, 5.74) is 14.8. The second-order valence-corrected chi connectivity index (χ2v) is 11.3. The highest BCUT2D eigenvalue weighted by molar-refractivity contribution is 6.00. The van der Waals surface area contributed by atoms with Gasteiger partial charge >= 0.3 is 12.0 Å². The molecule has 0 aliphatic carbocycles. The Morgan fingerprint density at radius 3 is 1.73 bits per heavy atom. The van der Waals surface area contributed by atoms with Crippen LogP contribution in [0.3, 0.4) is 0 Å². The number of carbonyl (C=O) groups excluding carboxylic acids is 2. The fourth-order valence-corrected chi connectivity index (χ4v) is 4.99. The van der Waals surface area contributed by atoms with Crippen molar-refractivity contribution in [1.82, 2.24) is 49.1 Å². The largest absolute Gasteiger partial charge is 0.479 e. The number of hydrogen-bond acceptors (Lipinski definition) is 17. The summed E-state index contributed by atoms with van der Waals surface area (Å²) in [7, 11) is 4.44. The first-order chi connectivity index (χ1) is 24.5. The number of carbonyl (C=O) groups is 2. The van der Waals surface area contributed by atoms with Gasteiger partial charge in [-0.2, -0.15) is 39.7 Å². The highest BCUT2D eigenvalue weighted by Crippen LogP contribution is 2.35. The molecule has 5 aromatic rings. The van der Waals surface area contributed by atoms with Crippen LogP contribution in [0.1, 0.15) is 71.6 Å². The van der Waals surface area contributed by atoms with Crippen LogP contribution in [0.15, 0.2) is 38.9 Å². The van der Waals surface area contributed by atoms with Crippen LogP contribution in [-0.4, -0.2) is 84.8 Å². The summed E-state index contributed by atoms with van der Waals surface area (Å²) in [5, 5.41) is 54.6. The predicted molar refractivity (Wildman–Crippen MR) is 182 cm³/mol. The van der Waals surface area contributed by atoms with Crippen molar-refractivity contribution >= 4 is 46.4 Å². The van der Waals surface area contributed by atoms with E-state index in [0.29, 0.717) is 24.2 Å². The molecule has 0 aromatic carbocycles. The number of hydrogen-bond donors (Lipinski definition) is 4. The Bertz CT molecular complexity index is 1980. The molecule has 0 aliphatic heterocycles. The van der Waals surface area contributed by atoms with Crippen LogP contribution in [0, 0.1) is 0 Å². The third-order valence-corrected chi connectivity index (χ3v) is 7.74. The lowest BCUT2D eigenvalue weighted by Gasteiger charge is -2.08. The van der Waals surface area contributed by atoms with E-state index in [9.17, 15) is 19.8 Å². The van der Waals surface area contributed by atoms with Gasteiger partial charge in [0, 0.05) is 20.2 Å². The third-order valence-electron chi connectivity index (χ3n) is 7.74. The van der Waals surface area contributed by atoms with E-state index in [2.05, 4.69) is 50.8 Å². The molecule has 5 rings (SSSR count). The molecule has 0 spiro atoms. The van der Waals surface area contributed by atoms with Gasteiger partial charge in [0.2, 0.25) is 0 Å². The molecular formula is C30H38N16O5. The highest BCUT2D eigenvalue weighted by atomic mass is 16.5. The van der Waals surface area contributed by atoms with Gasteiger partial charge in [0.1, 0.15) is 12.2 Å². The number of aliphatic hydroxyl groups excluding tert-OH is 1. The van der Waals surface area contributed by atoms with Gasteiger partial charge in [-0.15, -0.1) is 20.5 Å². The number of nitrogens with zero attached hydrogens (tertiary/aromatic N) is 14. The Hall–Kier alpha value is -6.38. The molecule has 51 heavy (non-hydrogen) atoms. The summed E-state index contributed by atoms with van der Waals surface area (Å²) in [4.78, 5) is 32.8. The maximum absolute atomic E-state index is 12.2. The molecule has 268 valence electrons. The Morgan fingerprint density at radius 2 is 1.27 bits per heavy atom. The normalized spacial score (nSPS) is 11.7. The maximum atomic E-state index is 12.2. The van der Waals surface area contributed by atoms with Crippen LogP contribution in [0.4, 0.5) is 34.6 Å². The Morgan fingerprint density at radius 1 is 0.804 bits per heavy atom. The topological polar surface area (TPSA) is 282 Å². The quantitative estimate of drug-likeness (QED) is 0.0689. The number of Topliss-reactive ketones (excluding diaryl/α,β-unsaturated/α-hetero) is 1. The number of unbranched alkanes of at least 4 members (excludes halogenated alkanes) is 2. The van der Waals surface area contributed by atoms with Gasteiger partial charge in [-0.05, 0) is 25.7 Å². The summed E-state index contributed by atoms with van der Waals surface area (Å²) in [6, 6.07) is 0.848. The molecule has 0 bridgehead atoms.